The Balaban J connectivity index is 2.35. The van der Waals surface area contributed by atoms with Gasteiger partial charge in [0.1, 0.15) is 6.10 Å². The first-order valence-electron chi connectivity index (χ1n) is 6.46. The van der Waals surface area contributed by atoms with E-state index in [1.807, 2.05) is 0 Å². The highest BCUT2D eigenvalue weighted by Crippen LogP contribution is 2.26. The minimum absolute atomic E-state index is 0.190. The Hall–Kier alpha value is 0.150. The van der Waals surface area contributed by atoms with Gasteiger partial charge < -0.3 is 24.8 Å². The maximum atomic E-state index is 9.83. The molecule has 0 aromatic rings. The zero-order valence-electron chi connectivity index (χ0n) is 10.7. The Morgan fingerprint density at radius 2 is 1.89 bits per heavy atom. The van der Waals surface area contributed by atoms with Crippen molar-refractivity contribution >= 4 is 12.6 Å². The van der Waals surface area contributed by atoms with Crippen LogP contribution in [0.2, 0.25) is 0 Å². The van der Waals surface area contributed by atoms with E-state index in [2.05, 4.69) is 12.6 Å². The summed E-state index contributed by atoms with van der Waals surface area (Å²) < 4.78 is 10.9. The summed E-state index contributed by atoms with van der Waals surface area (Å²) in [5.41, 5.74) is 0. The quantitative estimate of drug-likeness (QED) is 0.395. The van der Waals surface area contributed by atoms with Crippen molar-refractivity contribution in [1.29, 1.82) is 0 Å². The molecule has 6 heteroatoms. The molecule has 5 nitrogen and oxygen atoms in total. The van der Waals surface area contributed by atoms with Gasteiger partial charge >= 0.3 is 0 Å². The fourth-order valence-corrected chi connectivity index (χ4v) is 2.23. The standard InChI is InChI=1S/C12H24O5S/c1-8-9(7-13)17-12(11(15)10(8)14)16-5-3-2-4-6-18/h8-15,18H,2-7H2,1H3. The normalized spacial score (nSPS) is 36.8. The van der Waals surface area contributed by atoms with Gasteiger partial charge in [0.15, 0.2) is 6.29 Å². The molecule has 1 heterocycles. The van der Waals surface area contributed by atoms with Gasteiger partial charge in [-0.1, -0.05) is 13.3 Å². The second-order valence-corrected chi connectivity index (χ2v) is 5.17. The van der Waals surface area contributed by atoms with Crippen LogP contribution in [0.25, 0.3) is 0 Å². The molecule has 1 rings (SSSR count). The van der Waals surface area contributed by atoms with Gasteiger partial charge in [0, 0.05) is 12.5 Å². The second kappa shape index (κ2) is 8.35. The van der Waals surface area contributed by atoms with Crippen molar-refractivity contribution in [2.24, 2.45) is 5.92 Å². The van der Waals surface area contributed by atoms with E-state index in [1.54, 1.807) is 6.92 Å². The van der Waals surface area contributed by atoms with Crippen LogP contribution < -0.4 is 0 Å². The van der Waals surface area contributed by atoms with Crippen LogP contribution in [0.15, 0.2) is 0 Å². The Bertz CT molecular complexity index is 227. The van der Waals surface area contributed by atoms with Crippen molar-refractivity contribution in [3.63, 3.8) is 0 Å². The molecule has 108 valence electrons. The summed E-state index contributed by atoms with van der Waals surface area (Å²) in [6, 6.07) is 0. The Morgan fingerprint density at radius 3 is 2.50 bits per heavy atom. The molecule has 0 aromatic carbocycles. The molecule has 5 unspecified atom stereocenters. The summed E-state index contributed by atoms with van der Waals surface area (Å²) >= 11 is 4.12. The predicted molar refractivity (Wildman–Crippen MR) is 70.6 cm³/mol. The summed E-state index contributed by atoms with van der Waals surface area (Å²) in [4.78, 5) is 0. The number of hydrogen-bond acceptors (Lipinski definition) is 6. The summed E-state index contributed by atoms with van der Waals surface area (Å²) in [7, 11) is 0. The first kappa shape index (κ1) is 16.2. The molecule has 0 bridgehead atoms. The van der Waals surface area contributed by atoms with Gasteiger partial charge in [0.2, 0.25) is 0 Å². The van der Waals surface area contributed by atoms with E-state index >= 15 is 0 Å². The lowest BCUT2D eigenvalue weighted by Gasteiger charge is -2.40. The molecular formula is C12H24O5S. The van der Waals surface area contributed by atoms with Crippen LogP contribution in [0.5, 0.6) is 0 Å². The molecule has 0 radical (unpaired) electrons. The molecule has 0 amide bonds. The zero-order valence-corrected chi connectivity index (χ0v) is 11.6. The first-order valence-corrected chi connectivity index (χ1v) is 7.10. The van der Waals surface area contributed by atoms with Crippen molar-refractivity contribution in [3.8, 4) is 0 Å². The molecule has 0 saturated carbocycles. The molecule has 1 aliphatic rings. The van der Waals surface area contributed by atoms with Crippen LogP contribution in [0.3, 0.4) is 0 Å². The van der Waals surface area contributed by atoms with Crippen LogP contribution in [0.4, 0.5) is 0 Å². The van der Waals surface area contributed by atoms with Crippen molar-refractivity contribution in [1.82, 2.24) is 0 Å². The first-order chi connectivity index (χ1) is 8.61. The predicted octanol–water partition coefficient (Wildman–Crippen LogP) is 0.178. The van der Waals surface area contributed by atoms with E-state index in [-0.39, 0.29) is 12.5 Å². The number of thiol groups is 1. The number of unbranched alkanes of at least 4 members (excludes halogenated alkanes) is 2. The Labute approximate surface area is 114 Å². The van der Waals surface area contributed by atoms with Crippen molar-refractivity contribution < 1.29 is 24.8 Å². The molecule has 5 atom stereocenters. The minimum Gasteiger partial charge on any atom is -0.394 e. The lowest BCUT2D eigenvalue weighted by Crippen LogP contribution is -2.55. The van der Waals surface area contributed by atoms with Crippen LogP contribution in [-0.4, -0.2) is 58.9 Å². The summed E-state index contributed by atoms with van der Waals surface area (Å²) in [6.07, 6.45) is -0.447. The SMILES string of the molecule is CC1C(CO)OC(OCCCCCS)C(O)C1O. The number of hydrogen-bond donors (Lipinski definition) is 4. The van der Waals surface area contributed by atoms with E-state index < -0.39 is 24.6 Å². The van der Waals surface area contributed by atoms with E-state index in [0.717, 1.165) is 25.0 Å². The smallest absolute Gasteiger partial charge is 0.186 e. The lowest BCUT2D eigenvalue weighted by atomic mass is 9.91. The van der Waals surface area contributed by atoms with Gasteiger partial charge in [-0.25, -0.2) is 0 Å². The van der Waals surface area contributed by atoms with Gasteiger partial charge in [0.05, 0.1) is 18.8 Å². The number of ether oxygens (including phenoxy) is 2. The molecular weight excluding hydrogens is 256 g/mol. The fraction of sp³-hybridized carbons (Fsp3) is 1.00. The van der Waals surface area contributed by atoms with Crippen molar-refractivity contribution in [3.05, 3.63) is 0 Å². The highest BCUT2D eigenvalue weighted by molar-refractivity contribution is 7.80. The average molecular weight is 280 g/mol. The van der Waals surface area contributed by atoms with Crippen LogP contribution >= 0.6 is 12.6 Å². The molecule has 3 N–H and O–H groups in total. The highest BCUT2D eigenvalue weighted by atomic mass is 32.1. The third-order valence-corrected chi connectivity index (χ3v) is 3.64. The maximum absolute atomic E-state index is 9.83. The van der Waals surface area contributed by atoms with E-state index in [4.69, 9.17) is 14.6 Å². The second-order valence-electron chi connectivity index (χ2n) is 4.72. The average Bonchev–Trinajstić information content (AvgIpc) is 2.38. The highest BCUT2D eigenvalue weighted by Gasteiger charge is 2.42. The van der Waals surface area contributed by atoms with Crippen molar-refractivity contribution in [2.75, 3.05) is 19.0 Å². The monoisotopic (exact) mass is 280 g/mol. The largest absolute Gasteiger partial charge is 0.394 e. The molecule has 18 heavy (non-hydrogen) atoms. The van der Waals surface area contributed by atoms with Gasteiger partial charge in [0.25, 0.3) is 0 Å². The summed E-state index contributed by atoms with van der Waals surface area (Å²) in [5, 5.41) is 28.8. The fourth-order valence-electron chi connectivity index (χ4n) is 2.01. The Morgan fingerprint density at radius 1 is 1.17 bits per heavy atom. The van der Waals surface area contributed by atoms with E-state index in [1.165, 1.54) is 0 Å². The number of aliphatic hydroxyl groups excluding tert-OH is 3. The molecule has 1 aliphatic heterocycles. The molecule has 0 spiro atoms. The number of aliphatic hydroxyl groups is 3. The summed E-state index contributed by atoms with van der Waals surface area (Å²) in [6.45, 7) is 2.01. The topological polar surface area (TPSA) is 79.2 Å². The van der Waals surface area contributed by atoms with E-state index in [9.17, 15) is 10.2 Å². The van der Waals surface area contributed by atoms with Gasteiger partial charge in [-0.2, -0.15) is 12.6 Å². The van der Waals surface area contributed by atoms with Gasteiger partial charge in [-0.3, -0.25) is 0 Å². The molecule has 0 aromatic heterocycles. The maximum Gasteiger partial charge on any atom is 0.186 e. The van der Waals surface area contributed by atoms with Crippen LogP contribution in [0.1, 0.15) is 26.2 Å². The molecule has 1 fully saturated rings. The lowest BCUT2D eigenvalue weighted by molar-refractivity contribution is -0.288. The minimum atomic E-state index is -1.06. The van der Waals surface area contributed by atoms with Crippen LogP contribution in [0, 0.1) is 5.92 Å². The third kappa shape index (κ3) is 4.36. The number of rotatable bonds is 7. The molecule has 0 aliphatic carbocycles. The summed E-state index contributed by atoms with van der Waals surface area (Å²) in [5.74, 6) is 0.541. The Kier molecular flexibility index (Phi) is 7.51. The third-order valence-electron chi connectivity index (χ3n) is 3.33. The van der Waals surface area contributed by atoms with E-state index in [0.29, 0.717) is 6.61 Å². The van der Waals surface area contributed by atoms with Gasteiger partial charge in [-0.05, 0) is 18.6 Å². The van der Waals surface area contributed by atoms with Gasteiger partial charge in [-0.15, -0.1) is 0 Å². The molecule has 1 saturated heterocycles. The van der Waals surface area contributed by atoms with Crippen LogP contribution in [-0.2, 0) is 9.47 Å². The van der Waals surface area contributed by atoms with Crippen molar-refractivity contribution in [2.45, 2.75) is 50.8 Å². The zero-order chi connectivity index (χ0) is 13.5.